The minimum Gasteiger partial charge on any atom is -0.207 e. The lowest BCUT2D eigenvalue weighted by Gasteiger charge is -2.27. The Labute approximate surface area is 166 Å². The van der Waals surface area contributed by atoms with Crippen molar-refractivity contribution in [1.29, 1.82) is 0 Å². The van der Waals surface area contributed by atoms with Crippen LogP contribution in [0.4, 0.5) is 13.2 Å². The molecule has 0 unspecified atom stereocenters. The maximum Gasteiger partial charge on any atom is 0.166 e. The highest BCUT2D eigenvalue weighted by Gasteiger charge is 2.23. The number of hydrogen-bond acceptors (Lipinski definition) is 0. The van der Waals surface area contributed by atoms with Gasteiger partial charge in [0.05, 0.1) is 0 Å². The molecule has 28 heavy (non-hydrogen) atoms. The molecule has 1 aliphatic carbocycles. The van der Waals surface area contributed by atoms with E-state index in [1.165, 1.54) is 0 Å². The van der Waals surface area contributed by atoms with Crippen molar-refractivity contribution in [2.45, 2.75) is 64.7 Å². The van der Waals surface area contributed by atoms with Gasteiger partial charge in [0, 0.05) is 5.56 Å². The van der Waals surface area contributed by atoms with Crippen LogP contribution >= 0.6 is 0 Å². The van der Waals surface area contributed by atoms with Crippen LogP contribution in [0.1, 0.15) is 74.1 Å². The molecule has 0 saturated heterocycles. The van der Waals surface area contributed by atoms with E-state index >= 15 is 0 Å². The SMILES string of the molecule is CCCc1ccc(C2CCC(/C=C/c3ccc(CC)c(F)c3F)CC2)c(F)c1. The summed E-state index contributed by atoms with van der Waals surface area (Å²) in [6.07, 6.45) is 9.81. The fraction of sp³-hybridized carbons (Fsp3) is 0.440. The highest BCUT2D eigenvalue weighted by Crippen LogP contribution is 2.38. The van der Waals surface area contributed by atoms with Crippen molar-refractivity contribution in [1.82, 2.24) is 0 Å². The van der Waals surface area contributed by atoms with E-state index < -0.39 is 11.6 Å². The van der Waals surface area contributed by atoms with Crippen molar-refractivity contribution >= 4 is 6.08 Å². The van der Waals surface area contributed by atoms with E-state index in [1.807, 2.05) is 25.1 Å². The van der Waals surface area contributed by atoms with E-state index in [0.717, 1.165) is 49.7 Å². The molecule has 0 heterocycles. The standard InChI is InChI=1S/C25H29F3/c1-3-5-18-9-15-22(23(26)16-18)20-10-6-17(7-11-20)8-12-21-14-13-19(4-2)24(27)25(21)28/h8-9,12-17,20H,3-7,10-11H2,1-2H3/b12-8+. The predicted molar refractivity (Wildman–Crippen MR) is 110 cm³/mol. The van der Waals surface area contributed by atoms with E-state index in [2.05, 4.69) is 6.92 Å². The highest BCUT2D eigenvalue weighted by atomic mass is 19.2. The second kappa shape index (κ2) is 9.45. The van der Waals surface area contributed by atoms with Gasteiger partial charge < -0.3 is 0 Å². The van der Waals surface area contributed by atoms with Crippen LogP contribution in [-0.4, -0.2) is 0 Å². The number of rotatable bonds is 6. The van der Waals surface area contributed by atoms with Crippen molar-refractivity contribution in [2.75, 3.05) is 0 Å². The van der Waals surface area contributed by atoms with Gasteiger partial charge in [-0.1, -0.05) is 56.7 Å². The molecule has 0 N–H and O–H groups in total. The van der Waals surface area contributed by atoms with Crippen LogP contribution in [0.15, 0.2) is 36.4 Å². The summed E-state index contributed by atoms with van der Waals surface area (Å²) in [7, 11) is 0. The van der Waals surface area contributed by atoms with Crippen LogP contribution in [0, 0.1) is 23.4 Å². The Morgan fingerprint density at radius 2 is 1.68 bits per heavy atom. The lowest BCUT2D eigenvalue weighted by atomic mass is 9.78. The predicted octanol–water partition coefficient (Wildman–Crippen LogP) is 7.61. The van der Waals surface area contributed by atoms with Gasteiger partial charge in [-0.2, -0.15) is 0 Å². The van der Waals surface area contributed by atoms with Gasteiger partial charge in [0.2, 0.25) is 0 Å². The Bertz CT molecular complexity index is 830. The molecular weight excluding hydrogens is 357 g/mol. The minimum absolute atomic E-state index is 0.0847. The third kappa shape index (κ3) is 4.68. The Morgan fingerprint density at radius 1 is 0.929 bits per heavy atom. The van der Waals surface area contributed by atoms with Gasteiger partial charge in [0.25, 0.3) is 0 Å². The molecule has 0 spiro atoms. The van der Waals surface area contributed by atoms with E-state index in [4.69, 9.17) is 0 Å². The zero-order chi connectivity index (χ0) is 20.1. The molecule has 0 bridgehead atoms. The summed E-state index contributed by atoms with van der Waals surface area (Å²) in [5, 5.41) is 0. The molecule has 0 aromatic heterocycles. The Balaban J connectivity index is 1.61. The molecule has 0 aliphatic heterocycles. The normalized spacial score (nSPS) is 20.0. The molecule has 2 aromatic carbocycles. The smallest absolute Gasteiger partial charge is 0.166 e. The topological polar surface area (TPSA) is 0 Å². The van der Waals surface area contributed by atoms with E-state index in [-0.39, 0.29) is 11.7 Å². The quantitative estimate of drug-likeness (QED) is 0.479. The van der Waals surface area contributed by atoms with Gasteiger partial charge in [0.15, 0.2) is 11.6 Å². The van der Waals surface area contributed by atoms with Crippen LogP contribution in [0.5, 0.6) is 0 Å². The van der Waals surface area contributed by atoms with Crippen LogP contribution < -0.4 is 0 Å². The molecule has 150 valence electrons. The van der Waals surface area contributed by atoms with Crippen LogP contribution in [-0.2, 0) is 12.8 Å². The summed E-state index contributed by atoms with van der Waals surface area (Å²) >= 11 is 0. The van der Waals surface area contributed by atoms with Crippen molar-refractivity contribution < 1.29 is 13.2 Å². The van der Waals surface area contributed by atoms with E-state index in [1.54, 1.807) is 24.3 Å². The average Bonchev–Trinajstić information content (AvgIpc) is 2.70. The van der Waals surface area contributed by atoms with Gasteiger partial charge >= 0.3 is 0 Å². The fourth-order valence-electron chi connectivity index (χ4n) is 4.21. The third-order valence-corrected chi connectivity index (χ3v) is 5.94. The number of hydrogen-bond donors (Lipinski definition) is 0. The van der Waals surface area contributed by atoms with Gasteiger partial charge in [-0.25, -0.2) is 13.2 Å². The largest absolute Gasteiger partial charge is 0.207 e. The van der Waals surface area contributed by atoms with Crippen molar-refractivity contribution in [3.63, 3.8) is 0 Å². The fourth-order valence-corrected chi connectivity index (χ4v) is 4.21. The molecule has 0 radical (unpaired) electrons. The van der Waals surface area contributed by atoms with Crippen molar-refractivity contribution in [3.05, 3.63) is 76.1 Å². The van der Waals surface area contributed by atoms with Crippen molar-refractivity contribution in [3.8, 4) is 0 Å². The molecule has 0 atom stereocenters. The summed E-state index contributed by atoms with van der Waals surface area (Å²) in [5.74, 6) is -1.02. The first-order valence-corrected chi connectivity index (χ1v) is 10.5. The molecule has 1 fully saturated rings. The monoisotopic (exact) mass is 386 g/mol. The molecule has 0 nitrogen and oxygen atoms in total. The highest BCUT2D eigenvalue weighted by molar-refractivity contribution is 5.51. The van der Waals surface area contributed by atoms with Gasteiger partial charge in [-0.05, 0) is 73.1 Å². The second-order valence-electron chi connectivity index (χ2n) is 7.87. The van der Waals surface area contributed by atoms with Crippen molar-refractivity contribution in [2.24, 2.45) is 5.92 Å². The van der Waals surface area contributed by atoms with Crippen LogP contribution in [0.3, 0.4) is 0 Å². The average molecular weight is 387 g/mol. The number of allylic oxidation sites excluding steroid dienone is 1. The second-order valence-corrected chi connectivity index (χ2v) is 7.87. The summed E-state index contributed by atoms with van der Waals surface area (Å²) in [4.78, 5) is 0. The Hall–Kier alpha value is -2.03. The molecule has 3 heteroatoms. The maximum absolute atomic E-state index is 14.5. The minimum atomic E-state index is -0.765. The molecule has 2 aromatic rings. The lowest BCUT2D eigenvalue weighted by Crippen LogP contribution is -2.13. The maximum atomic E-state index is 14.5. The Morgan fingerprint density at radius 3 is 2.32 bits per heavy atom. The zero-order valence-electron chi connectivity index (χ0n) is 16.8. The van der Waals surface area contributed by atoms with Gasteiger partial charge in [-0.3, -0.25) is 0 Å². The summed E-state index contributed by atoms with van der Waals surface area (Å²) < 4.78 is 42.6. The molecule has 1 saturated carbocycles. The molecular formula is C25H29F3. The summed E-state index contributed by atoms with van der Waals surface area (Å²) in [6, 6.07) is 8.98. The van der Waals surface area contributed by atoms with Gasteiger partial charge in [0.1, 0.15) is 5.82 Å². The van der Waals surface area contributed by atoms with Gasteiger partial charge in [-0.15, -0.1) is 0 Å². The zero-order valence-corrected chi connectivity index (χ0v) is 16.8. The third-order valence-electron chi connectivity index (χ3n) is 5.94. The number of benzene rings is 2. The van der Waals surface area contributed by atoms with Crippen LogP contribution in [0.2, 0.25) is 0 Å². The summed E-state index contributed by atoms with van der Waals surface area (Å²) in [5.41, 5.74) is 2.59. The first kappa shape index (κ1) is 20.7. The van der Waals surface area contributed by atoms with E-state index in [9.17, 15) is 13.2 Å². The van der Waals surface area contributed by atoms with E-state index in [0.29, 0.717) is 23.5 Å². The van der Waals surface area contributed by atoms with Crippen LogP contribution in [0.25, 0.3) is 6.08 Å². The first-order chi connectivity index (χ1) is 13.5. The summed E-state index contributed by atoms with van der Waals surface area (Å²) in [6.45, 7) is 3.91. The molecule has 1 aliphatic rings. The lowest BCUT2D eigenvalue weighted by molar-refractivity contribution is 0.369. The number of aryl methyl sites for hydroxylation is 2. The Kier molecular flexibility index (Phi) is 6.98. The number of halogens is 3. The first-order valence-electron chi connectivity index (χ1n) is 10.5. The molecule has 0 amide bonds. The molecule has 3 rings (SSSR count).